The lowest BCUT2D eigenvalue weighted by atomic mass is 9.85. The highest BCUT2D eigenvalue weighted by atomic mass is 32.1. The third-order valence-corrected chi connectivity index (χ3v) is 12.6. The van der Waals surface area contributed by atoms with Crippen LogP contribution >= 0.6 is 22.7 Å². The molecule has 0 nitrogen and oxygen atoms in total. The molecule has 0 saturated carbocycles. The normalized spacial score (nSPS) is 16.8. The maximum Gasteiger partial charge on any atom is 0.380 e. The van der Waals surface area contributed by atoms with E-state index >= 15 is 26.3 Å². The predicted molar refractivity (Wildman–Crippen MR) is 227 cm³/mol. The van der Waals surface area contributed by atoms with Crippen molar-refractivity contribution in [1.29, 1.82) is 0 Å². The maximum absolute atomic E-state index is 16.7. The lowest BCUT2D eigenvalue weighted by Crippen LogP contribution is -2.48. The monoisotopic (exact) mass is 798 g/mol. The second kappa shape index (κ2) is 14.7. The average Bonchev–Trinajstić information content (AvgIpc) is 3.81. The molecule has 290 valence electrons. The highest BCUT2D eigenvalue weighted by Gasteiger charge is 2.80. The fourth-order valence-corrected chi connectivity index (χ4v) is 9.17. The Morgan fingerprint density at radius 2 is 1.16 bits per heavy atom. The van der Waals surface area contributed by atoms with E-state index in [4.69, 9.17) is 0 Å². The SMILES string of the molecule is C=Cc1ccc(-c2cc(C3=C(c4cc(-c5ccc(C(C)(C)C)cc5)sc4C(=C)/C=C\C(=C/C)C(C)(C)C)C(F)(F)C(F)(F)C3(F)F)c(-c3ccccc3)s2)cc1. The Kier molecular flexibility index (Phi) is 10.8. The second-order valence-electron chi connectivity index (χ2n) is 16.1. The maximum atomic E-state index is 16.7. The van der Waals surface area contributed by atoms with E-state index in [2.05, 4.69) is 33.9 Å². The van der Waals surface area contributed by atoms with Crippen LogP contribution in [0.2, 0.25) is 0 Å². The summed E-state index contributed by atoms with van der Waals surface area (Å²) in [5, 5.41) is 0. The minimum absolute atomic E-state index is 0.0953. The summed E-state index contributed by atoms with van der Waals surface area (Å²) >= 11 is 2.14. The van der Waals surface area contributed by atoms with E-state index in [1.165, 1.54) is 12.1 Å². The van der Waals surface area contributed by atoms with Crippen LogP contribution in [0.25, 0.3) is 54.1 Å². The molecule has 0 N–H and O–H groups in total. The van der Waals surface area contributed by atoms with Gasteiger partial charge in [-0.15, -0.1) is 22.7 Å². The standard InChI is InChI=1S/C48H44F6S2/c1-10-30-18-20-31(21-19-30)39-28-37(43(56-39)33-15-13-12-14-16-33)41-40(46(49,50)48(53,54)47(41,51)52)36-27-38(32-22-25-35(26-23-32)45(7,8)9)55-42(36)29(3)17-24-34(11-2)44(4,5)6/h10-28H,1,3H2,2,4-9H3/b24-17-,34-11+. The van der Waals surface area contributed by atoms with Crippen molar-refractivity contribution < 1.29 is 26.3 Å². The van der Waals surface area contributed by atoms with Gasteiger partial charge in [0.2, 0.25) is 0 Å². The Balaban J connectivity index is 1.68. The highest BCUT2D eigenvalue weighted by molar-refractivity contribution is 7.19. The molecule has 6 rings (SSSR count). The number of rotatable bonds is 9. The molecule has 0 bridgehead atoms. The number of halogens is 6. The van der Waals surface area contributed by atoms with Crippen LogP contribution in [0, 0.1) is 5.41 Å². The summed E-state index contributed by atoms with van der Waals surface area (Å²) < 4.78 is 98.5. The fraction of sp³-hybridized carbons (Fsp3) is 0.250. The van der Waals surface area contributed by atoms with Crippen molar-refractivity contribution in [2.75, 3.05) is 0 Å². The topological polar surface area (TPSA) is 0 Å². The smallest absolute Gasteiger partial charge is 0.194 e. The number of hydrogen-bond donors (Lipinski definition) is 0. The van der Waals surface area contributed by atoms with Crippen LogP contribution in [0.4, 0.5) is 26.3 Å². The van der Waals surface area contributed by atoms with Crippen molar-refractivity contribution in [2.24, 2.45) is 5.41 Å². The average molecular weight is 799 g/mol. The fourth-order valence-electron chi connectivity index (χ4n) is 6.88. The molecule has 2 heterocycles. The van der Waals surface area contributed by atoms with Crippen molar-refractivity contribution >= 4 is 45.5 Å². The Morgan fingerprint density at radius 1 is 0.643 bits per heavy atom. The summed E-state index contributed by atoms with van der Waals surface area (Å²) in [6, 6.07) is 25.7. The molecule has 5 aromatic rings. The van der Waals surface area contributed by atoms with Gasteiger partial charge in [0.25, 0.3) is 0 Å². The van der Waals surface area contributed by atoms with Gasteiger partial charge in [0, 0.05) is 41.8 Å². The quantitative estimate of drug-likeness (QED) is 0.103. The highest BCUT2D eigenvalue weighted by Crippen LogP contribution is 2.67. The van der Waals surface area contributed by atoms with Gasteiger partial charge in [0.15, 0.2) is 0 Å². The van der Waals surface area contributed by atoms with Gasteiger partial charge in [-0.1, -0.05) is 158 Å². The molecule has 0 aliphatic heterocycles. The molecule has 1 aliphatic rings. The zero-order valence-electron chi connectivity index (χ0n) is 32.5. The predicted octanol–water partition coefficient (Wildman–Crippen LogP) is 16.1. The molecule has 1 aliphatic carbocycles. The molecular formula is C48H44F6S2. The van der Waals surface area contributed by atoms with E-state index in [0.29, 0.717) is 26.4 Å². The molecule has 56 heavy (non-hydrogen) atoms. The Morgan fingerprint density at radius 3 is 1.68 bits per heavy atom. The van der Waals surface area contributed by atoms with E-state index in [1.807, 2.05) is 58.0 Å². The van der Waals surface area contributed by atoms with Gasteiger partial charge in [-0.05, 0) is 68.8 Å². The molecule has 0 saturated heterocycles. The van der Waals surface area contributed by atoms with Crippen LogP contribution in [0.15, 0.2) is 128 Å². The van der Waals surface area contributed by atoms with E-state index in [1.54, 1.807) is 72.8 Å². The summed E-state index contributed by atoms with van der Waals surface area (Å²) in [5.41, 5.74) is 0.614. The van der Waals surface area contributed by atoms with Crippen LogP contribution < -0.4 is 0 Å². The minimum atomic E-state index is -5.75. The lowest BCUT2D eigenvalue weighted by molar-refractivity contribution is -0.254. The summed E-state index contributed by atoms with van der Waals surface area (Å²) in [6.45, 7) is 22.0. The first-order valence-corrected chi connectivity index (χ1v) is 19.9. The zero-order valence-corrected chi connectivity index (χ0v) is 34.1. The minimum Gasteiger partial charge on any atom is -0.194 e. The molecule has 0 unspecified atom stereocenters. The van der Waals surface area contributed by atoms with Crippen molar-refractivity contribution in [3.05, 3.63) is 155 Å². The van der Waals surface area contributed by atoms with Crippen LogP contribution in [-0.2, 0) is 5.41 Å². The van der Waals surface area contributed by atoms with Gasteiger partial charge in [0.1, 0.15) is 0 Å². The number of thiophene rings is 2. The molecule has 0 radical (unpaired) electrons. The van der Waals surface area contributed by atoms with Crippen molar-refractivity contribution in [3.63, 3.8) is 0 Å². The molecule has 8 heteroatoms. The molecule has 3 aromatic carbocycles. The third kappa shape index (κ3) is 7.22. The first-order chi connectivity index (χ1) is 26.1. The Labute approximate surface area is 334 Å². The van der Waals surface area contributed by atoms with Crippen LogP contribution in [-0.4, -0.2) is 17.8 Å². The molecule has 0 amide bonds. The molecule has 0 spiro atoms. The second-order valence-corrected chi connectivity index (χ2v) is 18.2. The number of alkyl halides is 6. The van der Waals surface area contributed by atoms with Crippen LogP contribution in [0.1, 0.15) is 75.6 Å². The first kappa shape index (κ1) is 41.0. The first-order valence-electron chi connectivity index (χ1n) is 18.2. The van der Waals surface area contributed by atoms with E-state index in [0.717, 1.165) is 39.4 Å². The summed E-state index contributed by atoms with van der Waals surface area (Å²) in [4.78, 5) is 1.17. The summed E-state index contributed by atoms with van der Waals surface area (Å²) in [6.07, 6.45) is 7.00. The van der Waals surface area contributed by atoms with Gasteiger partial charge in [0.05, 0.1) is 0 Å². The Hall–Kier alpha value is -4.66. The van der Waals surface area contributed by atoms with E-state index < -0.39 is 34.5 Å². The number of benzene rings is 3. The van der Waals surface area contributed by atoms with Gasteiger partial charge >= 0.3 is 17.8 Å². The van der Waals surface area contributed by atoms with Crippen molar-refractivity contribution in [3.8, 4) is 31.3 Å². The van der Waals surface area contributed by atoms with E-state index in [9.17, 15) is 0 Å². The third-order valence-electron chi connectivity index (χ3n) is 10.1. The van der Waals surface area contributed by atoms with Crippen molar-refractivity contribution in [1.82, 2.24) is 0 Å². The van der Waals surface area contributed by atoms with Gasteiger partial charge < -0.3 is 0 Å². The van der Waals surface area contributed by atoms with Gasteiger partial charge in [-0.2, -0.15) is 26.3 Å². The summed E-state index contributed by atoms with van der Waals surface area (Å²) in [7, 11) is 0. The molecule has 2 aromatic heterocycles. The van der Waals surface area contributed by atoms with Gasteiger partial charge in [-0.25, -0.2) is 0 Å². The van der Waals surface area contributed by atoms with E-state index in [-0.39, 0.29) is 31.7 Å². The molecule has 0 atom stereocenters. The molecular weight excluding hydrogens is 755 g/mol. The van der Waals surface area contributed by atoms with Gasteiger partial charge in [-0.3, -0.25) is 0 Å². The number of hydrogen-bond acceptors (Lipinski definition) is 2. The van der Waals surface area contributed by atoms with Crippen LogP contribution in [0.5, 0.6) is 0 Å². The summed E-state index contributed by atoms with van der Waals surface area (Å²) in [5.74, 6) is -16.3. The largest absolute Gasteiger partial charge is 0.380 e. The van der Waals surface area contributed by atoms with Crippen molar-refractivity contribution in [2.45, 2.75) is 71.6 Å². The molecule has 0 fully saturated rings. The Bertz CT molecular complexity index is 2370. The number of allylic oxidation sites excluding steroid dienone is 7. The van der Waals surface area contributed by atoms with Crippen LogP contribution in [0.3, 0.4) is 0 Å². The lowest BCUT2D eigenvalue weighted by Gasteiger charge is -2.26. The zero-order chi connectivity index (χ0) is 41.0.